The maximum Gasteiger partial charge on any atom is 0.223 e. The van der Waals surface area contributed by atoms with Crippen molar-refractivity contribution in [3.63, 3.8) is 0 Å². The molecule has 1 fully saturated rings. The predicted molar refractivity (Wildman–Crippen MR) is 65.6 cm³/mol. The van der Waals surface area contributed by atoms with Crippen molar-refractivity contribution in [2.45, 2.75) is 12.2 Å². The molecule has 0 bridgehead atoms. The second kappa shape index (κ2) is 4.45. The van der Waals surface area contributed by atoms with Crippen LogP contribution in [0.4, 0.5) is 11.8 Å². The van der Waals surface area contributed by atoms with Crippen LogP contribution in [0.1, 0.15) is 6.92 Å². The normalized spacial score (nSPS) is 21.7. The number of nitrogens with two attached hydrogens (primary N) is 1. The summed E-state index contributed by atoms with van der Waals surface area (Å²) >= 11 is 7.82. The molecule has 2 heterocycles. The van der Waals surface area contributed by atoms with Crippen LogP contribution in [0.3, 0.4) is 0 Å². The summed E-state index contributed by atoms with van der Waals surface area (Å²) < 4.78 is 0. The van der Waals surface area contributed by atoms with Gasteiger partial charge in [0.05, 0.1) is 0 Å². The number of anilines is 2. The van der Waals surface area contributed by atoms with Crippen LogP contribution in [-0.2, 0) is 0 Å². The second-order valence-electron chi connectivity index (χ2n) is 3.53. The van der Waals surface area contributed by atoms with Crippen molar-refractivity contribution in [3.05, 3.63) is 11.2 Å². The van der Waals surface area contributed by atoms with Gasteiger partial charge in [0.25, 0.3) is 0 Å². The topological polar surface area (TPSA) is 55.0 Å². The van der Waals surface area contributed by atoms with Gasteiger partial charge in [0.15, 0.2) is 0 Å². The molecule has 1 aliphatic heterocycles. The third-order valence-electron chi connectivity index (χ3n) is 2.26. The Kier molecular flexibility index (Phi) is 3.21. The number of hydrogen-bond donors (Lipinski definition) is 1. The van der Waals surface area contributed by atoms with Crippen LogP contribution in [0.5, 0.6) is 0 Å². The zero-order chi connectivity index (χ0) is 10.8. The van der Waals surface area contributed by atoms with E-state index in [4.69, 9.17) is 17.3 Å². The summed E-state index contributed by atoms with van der Waals surface area (Å²) in [6, 6.07) is 1.76. The van der Waals surface area contributed by atoms with E-state index in [1.165, 1.54) is 0 Å². The molecule has 1 saturated heterocycles. The molecule has 0 saturated carbocycles. The number of halogens is 1. The Hall–Kier alpha value is -0.680. The molecule has 1 aromatic heterocycles. The van der Waals surface area contributed by atoms with Crippen LogP contribution < -0.4 is 10.6 Å². The number of aromatic nitrogens is 2. The summed E-state index contributed by atoms with van der Waals surface area (Å²) in [7, 11) is 0. The summed E-state index contributed by atoms with van der Waals surface area (Å²) in [5, 5.41) is 1.03. The van der Waals surface area contributed by atoms with Gasteiger partial charge in [-0.2, -0.15) is 16.7 Å². The van der Waals surface area contributed by atoms with Crippen LogP contribution >= 0.6 is 23.4 Å². The number of thioether (sulfide) groups is 1. The first-order valence-corrected chi connectivity index (χ1v) is 6.24. The van der Waals surface area contributed by atoms with Crippen LogP contribution in [0.2, 0.25) is 5.15 Å². The predicted octanol–water partition coefficient (Wildman–Crippen LogP) is 1.65. The smallest absolute Gasteiger partial charge is 0.223 e. The van der Waals surface area contributed by atoms with Gasteiger partial charge in [0.2, 0.25) is 5.95 Å². The quantitative estimate of drug-likeness (QED) is 0.762. The van der Waals surface area contributed by atoms with E-state index in [2.05, 4.69) is 21.8 Å². The molecule has 82 valence electrons. The fourth-order valence-corrected chi connectivity index (χ4v) is 2.81. The van der Waals surface area contributed by atoms with E-state index in [-0.39, 0.29) is 5.95 Å². The van der Waals surface area contributed by atoms with Gasteiger partial charge in [-0.15, -0.1) is 0 Å². The van der Waals surface area contributed by atoms with Gasteiger partial charge in [0, 0.05) is 30.2 Å². The van der Waals surface area contributed by atoms with E-state index < -0.39 is 0 Å². The Balaban J connectivity index is 2.20. The molecule has 1 atom stereocenters. The molecule has 1 unspecified atom stereocenters. The van der Waals surface area contributed by atoms with E-state index in [0.29, 0.717) is 10.4 Å². The van der Waals surface area contributed by atoms with Gasteiger partial charge in [0.1, 0.15) is 11.0 Å². The van der Waals surface area contributed by atoms with Crippen molar-refractivity contribution in [1.82, 2.24) is 9.97 Å². The summed E-state index contributed by atoms with van der Waals surface area (Å²) in [4.78, 5) is 10.2. The maximum atomic E-state index is 5.84. The van der Waals surface area contributed by atoms with Crippen molar-refractivity contribution in [2.75, 3.05) is 29.5 Å². The highest BCUT2D eigenvalue weighted by molar-refractivity contribution is 8.00. The van der Waals surface area contributed by atoms with Crippen LogP contribution in [0, 0.1) is 0 Å². The Labute approximate surface area is 98.2 Å². The van der Waals surface area contributed by atoms with Gasteiger partial charge in [-0.3, -0.25) is 0 Å². The van der Waals surface area contributed by atoms with E-state index >= 15 is 0 Å². The molecule has 6 heteroatoms. The van der Waals surface area contributed by atoms with Crippen LogP contribution in [-0.4, -0.2) is 34.1 Å². The number of nitrogen functional groups attached to an aromatic ring is 1. The Morgan fingerprint density at radius 1 is 1.60 bits per heavy atom. The Morgan fingerprint density at radius 2 is 2.40 bits per heavy atom. The zero-order valence-electron chi connectivity index (χ0n) is 8.48. The lowest BCUT2D eigenvalue weighted by molar-refractivity contribution is 0.769. The molecule has 1 aliphatic rings. The van der Waals surface area contributed by atoms with Gasteiger partial charge in [-0.05, 0) is 0 Å². The molecule has 0 radical (unpaired) electrons. The molecular weight excluding hydrogens is 232 g/mol. The van der Waals surface area contributed by atoms with Crippen molar-refractivity contribution < 1.29 is 0 Å². The molecule has 4 nitrogen and oxygen atoms in total. The summed E-state index contributed by atoms with van der Waals surface area (Å²) in [6.45, 7) is 4.18. The van der Waals surface area contributed by atoms with E-state index in [1.54, 1.807) is 6.07 Å². The molecular formula is C9H13ClN4S. The first-order chi connectivity index (χ1) is 7.15. The highest BCUT2D eigenvalue weighted by atomic mass is 35.5. The third kappa shape index (κ3) is 2.66. The van der Waals surface area contributed by atoms with E-state index in [1.807, 2.05) is 11.8 Å². The molecule has 0 aliphatic carbocycles. The summed E-state index contributed by atoms with van der Waals surface area (Å²) in [5.41, 5.74) is 5.56. The fourth-order valence-electron chi connectivity index (χ4n) is 1.61. The second-order valence-corrected chi connectivity index (χ2v) is 5.47. The first-order valence-electron chi connectivity index (χ1n) is 4.82. The van der Waals surface area contributed by atoms with Gasteiger partial charge in [-0.1, -0.05) is 18.5 Å². The average Bonchev–Trinajstić information content (AvgIpc) is 2.16. The van der Waals surface area contributed by atoms with Gasteiger partial charge in [-0.25, -0.2) is 4.98 Å². The fraction of sp³-hybridized carbons (Fsp3) is 0.556. The minimum absolute atomic E-state index is 0.239. The van der Waals surface area contributed by atoms with Crippen LogP contribution in [0.25, 0.3) is 0 Å². The number of rotatable bonds is 1. The zero-order valence-corrected chi connectivity index (χ0v) is 10.1. The molecule has 1 aromatic rings. The summed E-state index contributed by atoms with van der Waals surface area (Å²) in [5.74, 6) is 2.19. The monoisotopic (exact) mass is 244 g/mol. The van der Waals surface area contributed by atoms with E-state index in [9.17, 15) is 0 Å². The van der Waals surface area contributed by atoms with Crippen molar-refractivity contribution in [2.24, 2.45) is 0 Å². The van der Waals surface area contributed by atoms with Crippen molar-refractivity contribution in [1.29, 1.82) is 0 Å². The van der Waals surface area contributed by atoms with Crippen LogP contribution in [0.15, 0.2) is 6.07 Å². The Bertz CT molecular complexity index is 340. The standard InChI is InChI=1S/C9H13ClN4S/c1-6-5-14(2-3-15-6)8-4-7(10)12-9(11)13-8/h4,6H,2-3,5H2,1H3,(H2,11,12,13). The molecule has 0 spiro atoms. The minimum Gasteiger partial charge on any atom is -0.368 e. The lowest BCUT2D eigenvalue weighted by atomic mass is 10.3. The molecule has 2 N–H and O–H groups in total. The SMILES string of the molecule is CC1CN(c2cc(Cl)nc(N)n2)CCS1. The summed E-state index contributed by atoms with van der Waals surface area (Å²) in [6.07, 6.45) is 0. The molecule has 0 amide bonds. The highest BCUT2D eigenvalue weighted by Gasteiger charge is 2.18. The highest BCUT2D eigenvalue weighted by Crippen LogP contribution is 2.24. The minimum atomic E-state index is 0.239. The largest absolute Gasteiger partial charge is 0.368 e. The van der Waals surface area contributed by atoms with Crippen molar-refractivity contribution in [3.8, 4) is 0 Å². The lowest BCUT2D eigenvalue weighted by Crippen LogP contribution is -2.37. The average molecular weight is 245 g/mol. The Morgan fingerprint density at radius 3 is 3.07 bits per heavy atom. The third-order valence-corrected chi connectivity index (χ3v) is 3.59. The van der Waals surface area contributed by atoms with Gasteiger partial charge < -0.3 is 10.6 Å². The number of nitrogens with zero attached hydrogens (tertiary/aromatic N) is 3. The maximum absolute atomic E-state index is 5.84. The lowest BCUT2D eigenvalue weighted by Gasteiger charge is -2.31. The molecule has 15 heavy (non-hydrogen) atoms. The number of hydrogen-bond acceptors (Lipinski definition) is 5. The van der Waals surface area contributed by atoms with Crippen molar-refractivity contribution >= 4 is 35.1 Å². The molecule has 0 aromatic carbocycles. The molecule has 2 rings (SSSR count). The first kappa shape index (κ1) is 10.8. The van der Waals surface area contributed by atoms with E-state index in [0.717, 1.165) is 24.7 Å². The van der Waals surface area contributed by atoms with Gasteiger partial charge >= 0.3 is 0 Å².